The molecule has 3 N–H and O–H groups in total. The number of nitrogens with one attached hydrogen (secondary N) is 1. The minimum absolute atomic E-state index is 0.164. The van der Waals surface area contributed by atoms with Crippen molar-refractivity contribution in [2.24, 2.45) is 0 Å². The van der Waals surface area contributed by atoms with Crippen molar-refractivity contribution in [2.45, 2.75) is 25.7 Å². The van der Waals surface area contributed by atoms with Crippen LogP contribution in [0.2, 0.25) is 5.02 Å². The number of nitrogens with two attached hydrogens (primary N) is 1. The zero-order valence-electron chi connectivity index (χ0n) is 12.1. The van der Waals surface area contributed by atoms with Crippen LogP contribution in [0.3, 0.4) is 0 Å². The van der Waals surface area contributed by atoms with E-state index in [1.807, 2.05) is 13.8 Å². The first-order chi connectivity index (χ1) is 9.70. The molecule has 0 amide bonds. The van der Waals surface area contributed by atoms with Gasteiger partial charge in [-0.25, -0.2) is 8.42 Å². The molecule has 0 saturated carbocycles. The van der Waals surface area contributed by atoms with Crippen LogP contribution in [0.4, 0.5) is 11.4 Å². The summed E-state index contributed by atoms with van der Waals surface area (Å²) in [5.74, 6) is 0. The Balaban J connectivity index is 2.48. The van der Waals surface area contributed by atoms with Crippen LogP contribution in [-0.4, -0.2) is 8.42 Å². The molecule has 0 saturated heterocycles. The first kappa shape index (κ1) is 15.7. The Morgan fingerprint density at radius 3 is 2.38 bits per heavy atom. The third-order valence-electron chi connectivity index (χ3n) is 3.30. The highest BCUT2D eigenvalue weighted by Crippen LogP contribution is 2.28. The van der Waals surface area contributed by atoms with Crippen molar-refractivity contribution >= 4 is 33.0 Å². The van der Waals surface area contributed by atoms with Gasteiger partial charge in [0.25, 0.3) is 10.0 Å². The lowest BCUT2D eigenvalue weighted by atomic mass is 10.1. The molecule has 0 unspecified atom stereocenters. The van der Waals surface area contributed by atoms with Crippen LogP contribution in [0.1, 0.15) is 16.7 Å². The summed E-state index contributed by atoms with van der Waals surface area (Å²) in [7, 11) is -3.74. The average molecular weight is 325 g/mol. The number of sulfonamides is 1. The van der Waals surface area contributed by atoms with Gasteiger partial charge in [0.1, 0.15) is 0 Å². The summed E-state index contributed by atoms with van der Waals surface area (Å²) in [5.41, 5.74) is 8.96. The molecule has 2 aromatic carbocycles. The molecular weight excluding hydrogens is 308 g/mol. The zero-order chi connectivity index (χ0) is 15.8. The summed E-state index contributed by atoms with van der Waals surface area (Å²) in [6, 6.07) is 8.34. The van der Waals surface area contributed by atoms with E-state index >= 15 is 0 Å². The lowest BCUT2D eigenvalue weighted by Crippen LogP contribution is -2.15. The van der Waals surface area contributed by atoms with Crippen molar-refractivity contribution in [1.29, 1.82) is 0 Å². The van der Waals surface area contributed by atoms with Gasteiger partial charge in [-0.15, -0.1) is 0 Å². The highest BCUT2D eigenvalue weighted by Gasteiger charge is 2.19. The Morgan fingerprint density at radius 2 is 1.76 bits per heavy atom. The number of hydrogen-bond acceptors (Lipinski definition) is 3. The number of benzene rings is 2. The third kappa shape index (κ3) is 3.31. The van der Waals surface area contributed by atoms with Crippen LogP contribution >= 0.6 is 11.6 Å². The molecule has 2 aromatic rings. The molecule has 21 heavy (non-hydrogen) atoms. The molecule has 0 aromatic heterocycles. The molecule has 0 aliphatic rings. The van der Waals surface area contributed by atoms with E-state index in [1.54, 1.807) is 31.2 Å². The topological polar surface area (TPSA) is 72.2 Å². The Hall–Kier alpha value is -1.72. The first-order valence-electron chi connectivity index (χ1n) is 6.36. The second kappa shape index (κ2) is 5.58. The molecular formula is C15H17ClN2O2S. The summed E-state index contributed by atoms with van der Waals surface area (Å²) < 4.78 is 27.6. The van der Waals surface area contributed by atoms with E-state index in [0.717, 1.165) is 11.1 Å². The van der Waals surface area contributed by atoms with Crippen molar-refractivity contribution < 1.29 is 8.42 Å². The molecule has 0 radical (unpaired) electrons. The molecule has 6 heteroatoms. The Kier molecular flexibility index (Phi) is 4.16. The average Bonchev–Trinajstić information content (AvgIpc) is 2.37. The number of anilines is 2. The van der Waals surface area contributed by atoms with Crippen LogP contribution in [0, 0.1) is 20.8 Å². The maximum atomic E-state index is 12.5. The number of aryl methyl sites for hydroxylation is 2. The highest BCUT2D eigenvalue weighted by molar-refractivity contribution is 7.92. The fourth-order valence-electron chi connectivity index (χ4n) is 2.04. The van der Waals surface area contributed by atoms with E-state index in [0.29, 0.717) is 22.0 Å². The maximum Gasteiger partial charge on any atom is 0.262 e. The summed E-state index contributed by atoms with van der Waals surface area (Å²) >= 11 is 6.07. The SMILES string of the molecule is Cc1ccc(NS(=O)(=O)c2cc(N)cc(C)c2C)c(Cl)c1. The minimum atomic E-state index is -3.74. The second-order valence-corrected chi connectivity index (χ2v) is 7.11. The van der Waals surface area contributed by atoms with E-state index in [9.17, 15) is 8.42 Å². The van der Waals surface area contributed by atoms with Crippen molar-refractivity contribution in [1.82, 2.24) is 0 Å². The number of nitrogen functional groups attached to an aromatic ring is 1. The molecule has 0 atom stereocenters. The van der Waals surface area contributed by atoms with E-state index in [-0.39, 0.29) is 4.90 Å². The monoisotopic (exact) mass is 324 g/mol. The van der Waals surface area contributed by atoms with Crippen LogP contribution in [-0.2, 0) is 10.0 Å². The molecule has 112 valence electrons. The van der Waals surface area contributed by atoms with Crippen LogP contribution in [0.25, 0.3) is 0 Å². The number of halogens is 1. The minimum Gasteiger partial charge on any atom is -0.399 e. The van der Waals surface area contributed by atoms with E-state index in [1.165, 1.54) is 6.07 Å². The molecule has 0 aliphatic heterocycles. The van der Waals surface area contributed by atoms with E-state index in [2.05, 4.69) is 4.72 Å². The van der Waals surface area contributed by atoms with Gasteiger partial charge in [0.2, 0.25) is 0 Å². The molecule has 4 nitrogen and oxygen atoms in total. The molecule has 0 spiro atoms. The van der Waals surface area contributed by atoms with Gasteiger partial charge in [0, 0.05) is 5.69 Å². The normalized spacial score (nSPS) is 11.4. The maximum absolute atomic E-state index is 12.5. The Morgan fingerprint density at radius 1 is 1.10 bits per heavy atom. The molecule has 0 aliphatic carbocycles. The standard InChI is InChI=1S/C15H17ClN2O2S/c1-9-4-5-14(13(16)6-9)18-21(19,20)15-8-12(17)7-10(2)11(15)3/h4-8,18H,17H2,1-3H3. The van der Waals surface area contributed by atoms with Crippen molar-refractivity contribution in [3.63, 3.8) is 0 Å². The number of hydrogen-bond donors (Lipinski definition) is 2. The van der Waals surface area contributed by atoms with Crippen molar-refractivity contribution in [3.8, 4) is 0 Å². The van der Waals surface area contributed by atoms with Gasteiger partial charge in [-0.3, -0.25) is 4.72 Å². The first-order valence-corrected chi connectivity index (χ1v) is 8.22. The summed E-state index contributed by atoms with van der Waals surface area (Å²) in [6.45, 7) is 5.46. The molecule has 2 rings (SSSR count). The second-order valence-electron chi connectivity index (χ2n) is 5.05. The smallest absolute Gasteiger partial charge is 0.262 e. The summed E-state index contributed by atoms with van der Waals surface area (Å²) in [5, 5.41) is 0.358. The van der Waals surface area contributed by atoms with Crippen molar-refractivity contribution in [2.75, 3.05) is 10.5 Å². The van der Waals surface area contributed by atoms with Gasteiger partial charge in [0.05, 0.1) is 15.6 Å². The van der Waals surface area contributed by atoms with Crippen molar-refractivity contribution in [3.05, 3.63) is 52.0 Å². The zero-order valence-corrected chi connectivity index (χ0v) is 13.6. The van der Waals surface area contributed by atoms with Gasteiger partial charge < -0.3 is 5.73 Å². The number of rotatable bonds is 3. The quantitative estimate of drug-likeness (QED) is 0.846. The predicted octanol–water partition coefficient (Wildman–Crippen LogP) is 3.65. The molecule has 0 heterocycles. The Labute approximate surface area is 130 Å². The van der Waals surface area contributed by atoms with Crippen LogP contribution in [0.5, 0.6) is 0 Å². The fraction of sp³-hybridized carbons (Fsp3) is 0.200. The highest BCUT2D eigenvalue weighted by atomic mass is 35.5. The van der Waals surface area contributed by atoms with Gasteiger partial charge in [-0.1, -0.05) is 17.7 Å². The summed E-state index contributed by atoms with van der Waals surface area (Å²) in [4.78, 5) is 0.164. The largest absolute Gasteiger partial charge is 0.399 e. The van der Waals surface area contributed by atoms with Crippen LogP contribution in [0.15, 0.2) is 35.2 Å². The molecule has 0 fully saturated rings. The fourth-order valence-corrected chi connectivity index (χ4v) is 3.81. The van der Waals surface area contributed by atoms with Crippen LogP contribution < -0.4 is 10.5 Å². The van der Waals surface area contributed by atoms with Gasteiger partial charge in [0.15, 0.2) is 0 Å². The van der Waals surface area contributed by atoms with Gasteiger partial charge >= 0.3 is 0 Å². The lowest BCUT2D eigenvalue weighted by molar-refractivity contribution is 0.600. The third-order valence-corrected chi connectivity index (χ3v) is 5.10. The predicted molar refractivity (Wildman–Crippen MR) is 87.3 cm³/mol. The molecule has 0 bridgehead atoms. The summed E-state index contributed by atoms with van der Waals surface area (Å²) in [6.07, 6.45) is 0. The Bertz CT molecular complexity index is 802. The van der Waals surface area contributed by atoms with Gasteiger partial charge in [-0.05, 0) is 61.7 Å². The van der Waals surface area contributed by atoms with E-state index < -0.39 is 10.0 Å². The lowest BCUT2D eigenvalue weighted by Gasteiger charge is -2.14. The van der Waals surface area contributed by atoms with E-state index in [4.69, 9.17) is 17.3 Å². The van der Waals surface area contributed by atoms with Gasteiger partial charge in [-0.2, -0.15) is 0 Å².